The predicted octanol–water partition coefficient (Wildman–Crippen LogP) is 2.70. The second-order valence-corrected chi connectivity index (χ2v) is 8.25. The summed E-state index contributed by atoms with van der Waals surface area (Å²) in [6, 6.07) is 2.51. The Morgan fingerprint density at radius 2 is 2.30 bits per heavy atom. The van der Waals surface area contributed by atoms with Crippen molar-refractivity contribution in [1.29, 1.82) is 0 Å². The molecule has 2 aliphatic carbocycles. The number of piperidine rings is 1. The van der Waals surface area contributed by atoms with Gasteiger partial charge < -0.3 is 14.4 Å². The Morgan fingerprint density at radius 1 is 1.48 bits per heavy atom. The number of carbonyl (C=O) groups excluding carboxylic acids is 1. The van der Waals surface area contributed by atoms with Crippen LogP contribution in [0.25, 0.3) is 0 Å². The minimum atomic E-state index is -0.310. The van der Waals surface area contributed by atoms with Crippen LogP contribution in [0, 0.1) is 5.92 Å². The van der Waals surface area contributed by atoms with Crippen molar-refractivity contribution in [3.8, 4) is 11.5 Å². The number of rotatable bonds is 1. The highest BCUT2D eigenvalue weighted by Crippen LogP contribution is 2.64. The van der Waals surface area contributed by atoms with Crippen LogP contribution in [0.4, 0.5) is 0 Å². The summed E-state index contributed by atoms with van der Waals surface area (Å²) < 4.78 is 13.0. The van der Waals surface area contributed by atoms with Gasteiger partial charge in [-0.1, -0.05) is 15.9 Å². The molecule has 4 nitrogen and oxygen atoms in total. The maximum absolute atomic E-state index is 12.7. The van der Waals surface area contributed by atoms with E-state index >= 15 is 0 Å². The SMILES string of the molecule is COc1cc(Br)c2c3c1O[C@H]1C(=O)CC[C@H]4[C@@H](C2)N(C)CC[C@]314. The van der Waals surface area contributed by atoms with Gasteiger partial charge in [0.05, 0.1) is 7.11 Å². The minimum absolute atomic E-state index is 0.132. The van der Waals surface area contributed by atoms with E-state index in [-0.39, 0.29) is 17.3 Å². The molecule has 0 amide bonds. The molecule has 0 unspecified atom stereocenters. The fourth-order valence-corrected chi connectivity index (χ4v) is 6.27. The highest BCUT2D eigenvalue weighted by Gasteiger charge is 2.65. The van der Waals surface area contributed by atoms with E-state index in [1.54, 1.807) is 7.11 Å². The first-order valence-electron chi connectivity index (χ1n) is 8.37. The van der Waals surface area contributed by atoms with Gasteiger partial charge in [-0.05, 0) is 50.4 Å². The fourth-order valence-electron chi connectivity index (χ4n) is 5.70. The number of hydrogen-bond acceptors (Lipinski definition) is 4. The molecule has 2 aliphatic heterocycles. The molecule has 1 aromatic rings. The molecule has 4 aliphatic rings. The molecule has 0 N–H and O–H groups in total. The summed E-state index contributed by atoms with van der Waals surface area (Å²) in [6.45, 7) is 1.03. The Balaban J connectivity index is 1.84. The first-order valence-corrected chi connectivity index (χ1v) is 9.16. The van der Waals surface area contributed by atoms with Crippen LogP contribution in [-0.2, 0) is 16.6 Å². The smallest absolute Gasteiger partial charge is 0.174 e. The van der Waals surface area contributed by atoms with Crippen molar-refractivity contribution in [2.24, 2.45) is 5.92 Å². The number of benzene rings is 1. The van der Waals surface area contributed by atoms with Crippen LogP contribution >= 0.6 is 15.9 Å². The molecule has 5 rings (SSSR count). The lowest BCUT2D eigenvalue weighted by Gasteiger charge is -2.57. The summed E-state index contributed by atoms with van der Waals surface area (Å²) in [5.41, 5.74) is 2.47. The Bertz CT molecular complexity index is 733. The van der Waals surface area contributed by atoms with Crippen molar-refractivity contribution in [1.82, 2.24) is 4.90 Å². The van der Waals surface area contributed by atoms with Crippen molar-refractivity contribution < 1.29 is 14.3 Å². The fraction of sp³-hybridized carbons (Fsp3) is 0.611. The van der Waals surface area contributed by atoms with Gasteiger partial charge in [-0.25, -0.2) is 0 Å². The molecule has 2 bridgehead atoms. The standard InChI is InChI=1S/C18H20BrNO3/c1-20-6-5-18-10-3-4-13(21)17(18)23-16-14(22-2)8-11(19)9(15(16)18)7-12(10)20/h8,10,12,17H,3-7H2,1-2H3/t10-,12+,17-,18-/m0/s1. The van der Waals surface area contributed by atoms with E-state index in [1.807, 2.05) is 6.07 Å². The second kappa shape index (κ2) is 4.51. The van der Waals surface area contributed by atoms with Crippen LogP contribution in [0.5, 0.6) is 11.5 Å². The molecule has 1 saturated heterocycles. The number of halogens is 1. The number of methoxy groups -OCH3 is 1. The lowest BCUT2D eigenvalue weighted by atomic mass is 9.52. The van der Waals surface area contributed by atoms with Gasteiger partial charge in [0.2, 0.25) is 0 Å². The summed E-state index contributed by atoms with van der Waals surface area (Å²) in [6.07, 6.45) is 3.35. The average molecular weight is 378 g/mol. The van der Waals surface area contributed by atoms with Gasteiger partial charge in [-0.2, -0.15) is 0 Å². The first kappa shape index (κ1) is 14.3. The number of ketones is 1. The highest BCUT2D eigenvalue weighted by molar-refractivity contribution is 9.10. The Hall–Kier alpha value is -1.07. The molecule has 5 heteroatoms. The van der Waals surface area contributed by atoms with E-state index in [0.717, 1.165) is 41.8 Å². The van der Waals surface area contributed by atoms with Crippen molar-refractivity contribution in [2.75, 3.05) is 20.7 Å². The molecule has 1 aromatic carbocycles. The van der Waals surface area contributed by atoms with Gasteiger partial charge in [0.25, 0.3) is 0 Å². The summed E-state index contributed by atoms with van der Waals surface area (Å²) >= 11 is 3.74. The van der Waals surface area contributed by atoms with Crippen molar-refractivity contribution >= 4 is 21.7 Å². The molecule has 2 fully saturated rings. The number of likely N-dealkylation sites (N-methyl/N-ethyl adjacent to an activating group) is 1. The average Bonchev–Trinajstić information content (AvgIpc) is 2.89. The molecule has 4 atom stereocenters. The zero-order valence-corrected chi connectivity index (χ0v) is 15.0. The third-order valence-corrected chi connectivity index (χ3v) is 7.37. The van der Waals surface area contributed by atoms with Crippen LogP contribution in [0.2, 0.25) is 0 Å². The zero-order valence-electron chi connectivity index (χ0n) is 13.4. The molecular weight excluding hydrogens is 358 g/mol. The summed E-state index contributed by atoms with van der Waals surface area (Å²) in [7, 11) is 3.90. The molecule has 1 saturated carbocycles. The number of ether oxygens (including phenoxy) is 2. The molecule has 0 radical (unpaired) electrons. The van der Waals surface area contributed by atoms with Crippen LogP contribution in [0.3, 0.4) is 0 Å². The zero-order chi connectivity index (χ0) is 15.9. The van der Waals surface area contributed by atoms with E-state index < -0.39 is 0 Å². The Kier molecular flexibility index (Phi) is 2.80. The van der Waals surface area contributed by atoms with E-state index in [9.17, 15) is 4.79 Å². The molecule has 122 valence electrons. The molecule has 2 heterocycles. The van der Waals surface area contributed by atoms with Crippen LogP contribution < -0.4 is 9.47 Å². The van der Waals surface area contributed by atoms with Crippen LogP contribution in [0.15, 0.2) is 10.5 Å². The predicted molar refractivity (Wildman–Crippen MR) is 89.3 cm³/mol. The first-order chi connectivity index (χ1) is 11.1. The number of carbonyl (C=O) groups is 1. The highest BCUT2D eigenvalue weighted by atomic mass is 79.9. The molecule has 23 heavy (non-hydrogen) atoms. The summed E-state index contributed by atoms with van der Waals surface area (Å²) in [5.74, 6) is 2.37. The van der Waals surface area contributed by atoms with Gasteiger partial charge in [-0.3, -0.25) is 4.79 Å². The summed E-state index contributed by atoms with van der Waals surface area (Å²) in [5, 5.41) is 0. The van der Waals surface area contributed by atoms with E-state index in [0.29, 0.717) is 18.4 Å². The quantitative estimate of drug-likeness (QED) is 0.754. The third-order valence-electron chi connectivity index (χ3n) is 6.67. The van der Waals surface area contributed by atoms with Gasteiger partial charge >= 0.3 is 0 Å². The van der Waals surface area contributed by atoms with Crippen molar-refractivity contribution in [3.05, 3.63) is 21.7 Å². The second-order valence-electron chi connectivity index (χ2n) is 7.40. The van der Waals surface area contributed by atoms with Gasteiger partial charge in [-0.15, -0.1) is 0 Å². The van der Waals surface area contributed by atoms with Crippen LogP contribution in [0.1, 0.15) is 30.4 Å². The molecule has 0 aromatic heterocycles. The third kappa shape index (κ3) is 1.53. The number of hydrogen-bond donors (Lipinski definition) is 0. The lowest BCUT2D eigenvalue weighted by Crippen LogP contribution is -2.65. The van der Waals surface area contributed by atoms with Gasteiger partial charge in [0.1, 0.15) is 0 Å². The number of Topliss-reactive ketones (excluding diaryl/α,β-unsaturated/α-hetero) is 1. The normalized spacial score (nSPS) is 37.3. The largest absolute Gasteiger partial charge is 0.493 e. The Labute approximate surface area is 144 Å². The summed E-state index contributed by atoms with van der Waals surface area (Å²) in [4.78, 5) is 15.2. The lowest BCUT2D eigenvalue weighted by molar-refractivity contribution is -0.138. The molecule has 1 spiro atoms. The molecular formula is C18H20BrNO3. The number of likely N-dealkylation sites (tertiary alicyclic amines) is 1. The number of nitrogens with zero attached hydrogens (tertiary/aromatic N) is 1. The Morgan fingerprint density at radius 3 is 3.09 bits per heavy atom. The van der Waals surface area contributed by atoms with E-state index in [4.69, 9.17) is 9.47 Å². The van der Waals surface area contributed by atoms with Crippen LogP contribution in [-0.4, -0.2) is 43.5 Å². The van der Waals surface area contributed by atoms with E-state index in [2.05, 4.69) is 27.9 Å². The van der Waals surface area contributed by atoms with Gasteiger partial charge in [0.15, 0.2) is 23.4 Å². The van der Waals surface area contributed by atoms with Crippen molar-refractivity contribution in [2.45, 2.75) is 43.2 Å². The van der Waals surface area contributed by atoms with Crippen molar-refractivity contribution in [3.63, 3.8) is 0 Å². The topological polar surface area (TPSA) is 38.8 Å². The minimum Gasteiger partial charge on any atom is -0.493 e. The monoisotopic (exact) mass is 377 g/mol. The van der Waals surface area contributed by atoms with E-state index in [1.165, 1.54) is 11.1 Å². The maximum atomic E-state index is 12.7. The van der Waals surface area contributed by atoms with Gasteiger partial charge in [0, 0.05) is 27.9 Å². The maximum Gasteiger partial charge on any atom is 0.174 e.